The average molecular weight is 591 g/mol. The molecule has 8 nitrogen and oxygen atoms in total. The first-order chi connectivity index (χ1) is 20.5. The van der Waals surface area contributed by atoms with Gasteiger partial charge in [0, 0.05) is 11.9 Å². The number of nitrogens with one attached hydrogen (secondary N) is 2. The number of ether oxygens (including phenoxy) is 2. The number of nitrogens with zero attached hydrogens (tertiary/aromatic N) is 2. The van der Waals surface area contributed by atoms with E-state index in [0.717, 1.165) is 22.9 Å². The largest absolute Gasteiger partial charge is 0.495 e. The number of aryl methyl sites for hydroxylation is 2. The van der Waals surface area contributed by atoms with Crippen molar-refractivity contribution >= 4 is 29.2 Å². The Kier molecular flexibility index (Phi) is 8.08. The van der Waals surface area contributed by atoms with E-state index in [1.807, 2.05) is 36.4 Å². The summed E-state index contributed by atoms with van der Waals surface area (Å²) < 4.78 is 52.5. The minimum atomic E-state index is -4.66. The zero-order chi connectivity index (χ0) is 30.8. The second kappa shape index (κ2) is 11.7. The minimum Gasteiger partial charge on any atom is -0.495 e. The van der Waals surface area contributed by atoms with Crippen LogP contribution in [-0.4, -0.2) is 29.0 Å². The van der Waals surface area contributed by atoms with Crippen LogP contribution < -0.4 is 15.4 Å². The molecule has 1 aliphatic heterocycles. The molecule has 1 aliphatic rings. The topological polar surface area (TPSA) is 102 Å². The molecule has 0 atom stereocenters. The van der Waals surface area contributed by atoms with Crippen molar-refractivity contribution in [1.82, 2.24) is 9.97 Å². The number of hydrogen-bond acceptors (Lipinski definition) is 7. The van der Waals surface area contributed by atoms with Crippen LogP contribution >= 0.6 is 0 Å². The van der Waals surface area contributed by atoms with Crippen molar-refractivity contribution < 1.29 is 32.2 Å². The van der Waals surface area contributed by atoms with Gasteiger partial charge >= 0.3 is 12.1 Å². The highest BCUT2D eigenvalue weighted by Crippen LogP contribution is 2.40. The van der Waals surface area contributed by atoms with Gasteiger partial charge in [-0.3, -0.25) is 4.79 Å². The van der Waals surface area contributed by atoms with Crippen LogP contribution in [0, 0.1) is 0 Å². The highest BCUT2D eigenvalue weighted by atomic mass is 19.4. The Balaban J connectivity index is 1.36. The number of fused-ring (bicyclic) bond motifs is 1. The molecule has 0 radical (unpaired) electrons. The SMILES string of the molecule is COc1cc(C(=O)OCc2ccccc2)ccc1Nc1ncc(C(F)(F)F)c(CCc2cccc3c2C(C)(C)C(=O)N3)n1. The summed E-state index contributed by atoms with van der Waals surface area (Å²) in [7, 11) is 1.40. The normalized spacial score (nSPS) is 13.7. The number of carbonyl (C=O) groups is 2. The van der Waals surface area contributed by atoms with Gasteiger partial charge < -0.3 is 20.1 Å². The predicted molar refractivity (Wildman–Crippen MR) is 154 cm³/mol. The van der Waals surface area contributed by atoms with Crippen LogP contribution in [0.5, 0.6) is 5.75 Å². The maximum absolute atomic E-state index is 13.9. The lowest BCUT2D eigenvalue weighted by Crippen LogP contribution is -2.27. The summed E-state index contributed by atoms with van der Waals surface area (Å²) in [5.41, 5.74) is 1.66. The van der Waals surface area contributed by atoms with E-state index in [-0.39, 0.29) is 48.3 Å². The summed E-state index contributed by atoms with van der Waals surface area (Å²) in [6, 6.07) is 19.1. The van der Waals surface area contributed by atoms with Crippen molar-refractivity contribution in [3.8, 4) is 5.75 Å². The molecule has 43 heavy (non-hydrogen) atoms. The maximum atomic E-state index is 13.9. The number of rotatable bonds is 9. The number of alkyl halides is 3. The number of hydrogen-bond donors (Lipinski definition) is 2. The summed E-state index contributed by atoms with van der Waals surface area (Å²) in [4.78, 5) is 33.2. The molecule has 3 aromatic carbocycles. The van der Waals surface area contributed by atoms with Gasteiger partial charge in [0.15, 0.2) is 0 Å². The molecular weight excluding hydrogens is 561 g/mol. The van der Waals surface area contributed by atoms with Gasteiger partial charge in [0.05, 0.1) is 35.0 Å². The summed E-state index contributed by atoms with van der Waals surface area (Å²) >= 11 is 0. The van der Waals surface area contributed by atoms with Gasteiger partial charge in [-0.1, -0.05) is 42.5 Å². The molecule has 0 saturated heterocycles. The minimum absolute atomic E-state index is 0.0455. The standard InChI is InChI=1S/C32H29F3N4O4/c1-31(2)27-20(10-7-11-25(27)37-29(31)41)12-14-23-22(32(33,34)35)17-36-30(38-23)39-24-15-13-21(16-26(24)42-3)28(40)43-18-19-8-5-4-6-9-19/h4-11,13,15-17H,12,14,18H2,1-3H3,(H,37,41)(H,36,38,39). The fraction of sp³-hybridized carbons (Fsp3) is 0.250. The van der Waals surface area contributed by atoms with E-state index in [4.69, 9.17) is 9.47 Å². The quantitative estimate of drug-likeness (QED) is 0.211. The zero-order valence-electron chi connectivity index (χ0n) is 23.7. The number of carbonyl (C=O) groups excluding carboxylic acids is 2. The van der Waals surface area contributed by atoms with Gasteiger partial charge in [0.2, 0.25) is 11.9 Å². The third kappa shape index (κ3) is 6.30. The molecule has 0 fully saturated rings. The van der Waals surface area contributed by atoms with Gasteiger partial charge in [0.25, 0.3) is 0 Å². The number of amides is 1. The molecule has 0 aliphatic carbocycles. The lowest BCUT2D eigenvalue weighted by molar-refractivity contribution is -0.138. The summed E-state index contributed by atoms with van der Waals surface area (Å²) in [6.07, 6.45) is -3.74. The Morgan fingerprint density at radius 1 is 1.02 bits per heavy atom. The molecule has 5 rings (SSSR count). The molecule has 1 amide bonds. The predicted octanol–water partition coefficient (Wildman–Crippen LogP) is 6.62. The molecule has 11 heteroatoms. The second-order valence-electron chi connectivity index (χ2n) is 10.6. The van der Waals surface area contributed by atoms with E-state index in [1.54, 1.807) is 26.0 Å². The Labute approximate surface area is 246 Å². The van der Waals surface area contributed by atoms with Gasteiger partial charge in [-0.25, -0.2) is 14.8 Å². The summed E-state index contributed by atoms with van der Waals surface area (Å²) in [5.74, 6) is -0.548. The van der Waals surface area contributed by atoms with Crippen LogP contribution in [0.25, 0.3) is 0 Å². The van der Waals surface area contributed by atoms with E-state index in [1.165, 1.54) is 25.3 Å². The van der Waals surface area contributed by atoms with Crippen LogP contribution in [0.4, 0.5) is 30.5 Å². The van der Waals surface area contributed by atoms with E-state index in [0.29, 0.717) is 11.4 Å². The molecule has 0 spiro atoms. The smallest absolute Gasteiger partial charge is 0.419 e. The Hall–Kier alpha value is -4.93. The molecule has 0 unspecified atom stereocenters. The van der Waals surface area contributed by atoms with Gasteiger partial charge in [-0.2, -0.15) is 13.2 Å². The average Bonchev–Trinajstić information content (AvgIpc) is 3.22. The number of aromatic nitrogens is 2. The molecular formula is C32H29F3N4O4. The fourth-order valence-electron chi connectivity index (χ4n) is 5.05. The lowest BCUT2D eigenvalue weighted by atomic mass is 9.82. The first kappa shape index (κ1) is 29.6. The monoisotopic (exact) mass is 590 g/mol. The molecule has 4 aromatic rings. The third-order valence-corrected chi connectivity index (χ3v) is 7.29. The Morgan fingerprint density at radius 3 is 2.51 bits per heavy atom. The van der Waals surface area contributed by atoms with Crippen LogP contribution in [0.2, 0.25) is 0 Å². The van der Waals surface area contributed by atoms with Gasteiger partial charge in [-0.05, 0) is 67.6 Å². The molecule has 0 bridgehead atoms. The van der Waals surface area contributed by atoms with Gasteiger partial charge in [0.1, 0.15) is 12.4 Å². The lowest BCUT2D eigenvalue weighted by Gasteiger charge is -2.20. The van der Waals surface area contributed by atoms with Crippen molar-refractivity contribution in [3.63, 3.8) is 0 Å². The zero-order valence-corrected chi connectivity index (χ0v) is 23.7. The summed E-state index contributed by atoms with van der Waals surface area (Å²) in [6.45, 7) is 3.67. The first-order valence-corrected chi connectivity index (χ1v) is 13.5. The fourth-order valence-corrected chi connectivity index (χ4v) is 5.05. The van der Waals surface area contributed by atoms with Crippen LogP contribution in [-0.2, 0) is 40.6 Å². The second-order valence-corrected chi connectivity index (χ2v) is 10.6. The van der Waals surface area contributed by atoms with Crippen molar-refractivity contribution in [2.75, 3.05) is 17.7 Å². The van der Waals surface area contributed by atoms with Crippen LogP contribution in [0.3, 0.4) is 0 Å². The molecule has 0 saturated carbocycles. The van der Waals surface area contributed by atoms with Crippen molar-refractivity contribution in [2.24, 2.45) is 0 Å². The maximum Gasteiger partial charge on any atom is 0.419 e. The van der Waals surface area contributed by atoms with E-state index < -0.39 is 23.1 Å². The Morgan fingerprint density at radius 2 is 1.79 bits per heavy atom. The van der Waals surface area contributed by atoms with Crippen molar-refractivity contribution in [2.45, 2.75) is 44.9 Å². The number of benzene rings is 3. The number of halogens is 3. The van der Waals surface area contributed by atoms with E-state index in [9.17, 15) is 22.8 Å². The van der Waals surface area contributed by atoms with Gasteiger partial charge in [-0.15, -0.1) is 0 Å². The molecule has 222 valence electrons. The molecule has 2 N–H and O–H groups in total. The van der Waals surface area contributed by atoms with Crippen LogP contribution in [0.1, 0.15) is 52.2 Å². The molecule has 1 aromatic heterocycles. The Bertz CT molecular complexity index is 1670. The molecule has 2 heterocycles. The van der Waals surface area contributed by atoms with Crippen molar-refractivity contribution in [3.05, 3.63) is 106 Å². The number of anilines is 3. The number of esters is 1. The highest BCUT2D eigenvalue weighted by molar-refractivity contribution is 6.06. The van der Waals surface area contributed by atoms with Crippen molar-refractivity contribution in [1.29, 1.82) is 0 Å². The highest BCUT2D eigenvalue weighted by Gasteiger charge is 2.40. The van der Waals surface area contributed by atoms with Crippen LogP contribution in [0.15, 0.2) is 72.9 Å². The summed E-state index contributed by atoms with van der Waals surface area (Å²) in [5, 5.41) is 5.74. The van der Waals surface area contributed by atoms with E-state index >= 15 is 0 Å². The third-order valence-electron chi connectivity index (χ3n) is 7.29. The first-order valence-electron chi connectivity index (χ1n) is 13.5. The number of methoxy groups -OCH3 is 1. The van der Waals surface area contributed by atoms with E-state index in [2.05, 4.69) is 20.6 Å².